The Bertz CT molecular complexity index is 1060. The molecular formula is C23H21N3O3S. The molecule has 7 heteroatoms. The third kappa shape index (κ3) is 4.58. The van der Waals surface area contributed by atoms with Crippen molar-refractivity contribution in [3.05, 3.63) is 78.9 Å². The van der Waals surface area contributed by atoms with Crippen molar-refractivity contribution in [3.63, 3.8) is 0 Å². The number of fused-ring (bicyclic) bond motifs is 1. The normalized spacial score (nSPS) is 15.1. The minimum absolute atomic E-state index is 0.0779. The summed E-state index contributed by atoms with van der Waals surface area (Å²) in [6.45, 7) is 0.300. The number of hydrogen-bond donors (Lipinski definition) is 2. The maximum atomic E-state index is 12.9. The van der Waals surface area contributed by atoms with E-state index >= 15 is 0 Å². The standard InChI is InChI=1S/C23H21N3O3S/c24-23(28)20-14-26(18-11-5-6-12-19(18)29-20)15-22(27)25-17-10-4-7-13-21(17)30-16-8-2-1-3-9-16/h1-13,20H,14-15H2,(H2,24,28)(H,25,27)/t20-/m0/s1. The van der Waals surface area contributed by atoms with E-state index in [0.29, 0.717) is 5.75 Å². The lowest BCUT2D eigenvalue weighted by molar-refractivity contribution is -0.125. The van der Waals surface area contributed by atoms with Gasteiger partial charge in [-0.25, -0.2) is 0 Å². The van der Waals surface area contributed by atoms with E-state index in [4.69, 9.17) is 10.5 Å². The molecular weight excluding hydrogens is 398 g/mol. The van der Waals surface area contributed by atoms with Crippen LogP contribution in [0.3, 0.4) is 0 Å². The molecule has 4 rings (SSSR count). The van der Waals surface area contributed by atoms with Gasteiger partial charge in [0.2, 0.25) is 5.91 Å². The number of ether oxygens (including phenoxy) is 1. The topological polar surface area (TPSA) is 84.7 Å². The third-order valence-corrected chi connectivity index (χ3v) is 5.73. The molecule has 3 aromatic carbocycles. The Balaban J connectivity index is 1.50. The average molecular weight is 420 g/mol. The molecule has 6 nitrogen and oxygen atoms in total. The zero-order chi connectivity index (χ0) is 20.9. The van der Waals surface area contributed by atoms with Crippen molar-refractivity contribution in [1.29, 1.82) is 0 Å². The maximum absolute atomic E-state index is 12.9. The van der Waals surface area contributed by atoms with Crippen LogP contribution in [-0.2, 0) is 9.59 Å². The fraction of sp³-hybridized carbons (Fsp3) is 0.130. The number of anilines is 2. The first kappa shape index (κ1) is 19.8. The first-order valence-corrected chi connectivity index (χ1v) is 10.3. The number of rotatable bonds is 6. The molecule has 152 valence electrons. The van der Waals surface area contributed by atoms with E-state index in [2.05, 4.69) is 5.32 Å². The predicted octanol–water partition coefficient (Wildman–Crippen LogP) is 3.53. The number of hydrogen-bond acceptors (Lipinski definition) is 5. The van der Waals surface area contributed by atoms with Gasteiger partial charge in [0.15, 0.2) is 6.10 Å². The van der Waals surface area contributed by atoms with Gasteiger partial charge < -0.3 is 20.7 Å². The van der Waals surface area contributed by atoms with Gasteiger partial charge in [-0.2, -0.15) is 0 Å². The Morgan fingerprint density at radius 3 is 2.50 bits per heavy atom. The lowest BCUT2D eigenvalue weighted by Crippen LogP contribution is -2.49. The summed E-state index contributed by atoms with van der Waals surface area (Å²) in [5, 5.41) is 2.99. The second kappa shape index (κ2) is 8.92. The fourth-order valence-electron chi connectivity index (χ4n) is 3.24. The Labute approximate surface area is 179 Å². The second-order valence-electron chi connectivity index (χ2n) is 6.82. The lowest BCUT2D eigenvalue weighted by Gasteiger charge is -2.34. The Morgan fingerprint density at radius 1 is 1.00 bits per heavy atom. The third-order valence-electron chi connectivity index (χ3n) is 4.65. The second-order valence-corrected chi connectivity index (χ2v) is 7.93. The summed E-state index contributed by atoms with van der Waals surface area (Å²) in [6.07, 6.45) is -0.798. The largest absolute Gasteiger partial charge is 0.477 e. The van der Waals surface area contributed by atoms with E-state index in [9.17, 15) is 9.59 Å². The van der Waals surface area contributed by atoms with Gasteiger partial charge in [-0.1, -0.05) is 54.2 Å². The first-order chi connectivity index (χ1) is 14.6. The summed E-state index contributed by atoms with van der Waals surface area (Å²) in [5.41, 5.74) is 6.94. The van der Waals surface area contributed by atoms with Gasteiger partial charge in [0, 0.05) is 9.79 Å². The van der Waals surface area contributed by atoms with Crippen molar-refractivity contribution >= 4 is 35.0 Å². The van der Waals surface area contributed by atoms with Crippen molar-refractivity contribution in [1.82, 2.24) is 0 Å². The minimum Gasteiger partial charge on any atom is -0.477 e. The Morgan fingerprint density at radius 2 is 1.70 bits per heavy atom. The van der Waals surface area contributed by atoms with E-state index < -0.39 is 12.0 Å². The number of amides is 2. The highest BCUT2D eigenvalue weighted by atomic mass is 32.2. The van der Waals surface area contributed by atoms with Crippen LogP contribution in [0.1, 0.15) is 0 Å². The lowest BCUT2D eigenvalue weighted by atomic mass is 10.1. The first-order valence-electron chi connectivity index (χ1n) is 9.52. The number of para-hydroxylation sites is 3. The molecule has 1 aliphatic heterocycles. The van der Waals surface area contributed by atoms with Crippen LogP contribution in [0.4, 0.5) is 11.4 Å². The number of carbonyl (C=O) groups excluding carboxylic acids is 2. The number of nitrogens with one attached hydrogen (secondary N) is 1. The molecule has 0 aliphatic carbocycles. The minimum atomic E-state index is -0.798. The van der Waals surface area contributed by atoms with Gasteiger partial charge in [0.05, 0.1) is 24.5 Å². The highest BCUT2D eigenvalue weighted by molar-refractivity contribution is 7.99. The summed E-state index contributed by atoms with van der Waals surface area (Å²) < 4.78 is 5.66. The number of nitrogens with zero attached hydrogens (tertiary/aromatic N) is 1. The van der Waals surface area contributed by atoms with Gasteiger partial charge in [0.1, 0.15) is 5.75 Å². The molecule has 0 saturated heterocycles. The highest BCUT2D eigenvalue weighted by Crippen LogP contribution is 2.34. The fourth-order valence-corrected chi connectivity index (χ4v) is 4.17. The monoisotopic (exact) mass is 419 g/mol. The van der Waals surface area contributed by atoms with E-state index in [1.807, 2.05) is 77.7 Å². The molecule has 0 saturated carbocycles. The van der Waals surface area contributed by atoms with Crippen molar-refractivity contribution in [2.45, 2.75) is 15.9 Å². The maximum Gasteiger partial charge on any atom is 0.260 e. The molecule has 0 aromatic heterocycles. The molecule has 0 fully saturated rings. The van der Waals surface area contributed by atoms with Crippen molar-refractivity contribution < 1.29 is 14.3 Å². The molecule has 0 radical (unpaired) electrons. The SMILES string of the molecule is NC(=O)[C@@H]1CN(CC(=O)Nc2ccccc2Sc2ccccc2)c2ccccc2O1. The van der Waals surface area contributed by atoms with Gasteiger partial charge in [-0.3, -0.25) is 9.59 Å². The van der Waals surface area contributed by atoms with Gasteiger partial charge in [-0.05, 0) is 36.4 Å². The molecule has 1 atom stereocenters. The molecule has 0 unspecified atom stereocenters. The Kier molecular flexibility index (Phi) is 5.90. The van der Waals surface area contributed by atoms with Gasteiger partial charge in [0.25, 0.3) is 5.91 Å². The van der Waals surface area contributed by atoms with Crippen LogP contribution in [0, 0.1) is 0 Å². The molecule has 1 aliphatic rings. The quantitative estimate of drug-likeness (QED) is 0.639. The van der Waals surface area contributed by atoms with E-state index in [1.54, 1.807) is 17.8 Å². The van der Waals surface area contributed by atoms with Crippen molar-refractivity contribution in [3.8, 4) is 5.75 Å². The highest BCUT2D eigenvalue weighted by Gasteiger charge is 2.30. The van der Waals surface area contributed by atoms with Gasteiger partial charge >= 0.3 is 0 Å². The summed E-state index contributed by atoms with van der Waals surface area (Å²) in [5.74, 6) is -0.198. The zero-order valence-corrected chi connectivity index (χ0v) is 17.0. The number of carbonyl (C=O) groups is 2. The summed E-state index contributed by atoms with van der Waals surface area (Å²) >= 11 is 1.59. The van der Waals surface area contributed by atoms with Crippen LogP contribution in [0.15, 0.2) is 88.7 Å². The number of primary amides is 1. The molecule has 0 bridgehead atoms. The smallest absolute Gasteiger partial charge is 0.260 e. The van der Waals surface area contributed by atoms with Crippen LogP contribution >= 0.6 is 11.8 Å². The van der Waals surface area contributed by atoms with E-state index in [-0.39, 0.29) is 19.0 Å². The summed E-state index contributed by atoms with van der Waals surface area (Å²) in [6, 6.07) is 25.0. The van der Waals surface area contributed by atoms with E-state index in [1.165, 1.54) is 0 Å². The number of benzene rings is 3. The molecule has 3 aromatic rings. The molecule has 30 heavy (non-hydrogen) atoms. The molecule has 1 heterocycles. The summed E-state index contributed by atoms with van der Waals surface area (Å²) in [7, 11) is 0. The van der Waals surface area contributed by atoms with Crippen molar-refractivity contribution in [2.75, 3.05) is 23.3 Å². The van der Waals surface area contributed by atoms with E-state index in [0.717, 1.165) is 21.2 Å². The molecule has 3 N–H and O–H groups in total. The molecule has 2 amide bonds. The van der Waals surface area contributed by atoms with Crippen LogP contribution in [0.5, 0.6) is 5.75 Å². The summed E-state index contributed by atoms with van der Waals surface area (Å²) in [4.78, 5) is 28.4. The predicted molar refractivity (Wildman–Crippen MR) is 118 cm³/mol. The average Bonchev–Trinajstić information content (AvgIpc) is 2.75. The van der Waals surface area contributed by atoms with Crippen LogP contribution in [0.25, 0.3) is 0 Å². The van der Waals surface area contributed by atoms with Crippen molar-refractivity contribution in [2.24, 2.45) is 5.73 Å². The zero-order valence-electron chi connectivity index (χ0n) is 16.2. The van der Waals surface area contributed by atoms with Crippen LogP contribution in [0.2, 0.25) is 0 Å². The van der Waals surface area contributed by atoms with Crippen LogP contribution < -0.4 is 20.7 Å². The number of nitrogens with two attached hydrogens (primary N) is 1. The molecule has 0 spiro atoms. The van der Waals surface area contributed by atoms with Crippen LogP contribution in [-0.4, -0.2) is 31.0 Å². The Hall–Kier alpha value is -3.45. The van der Waals surface area contributed by atoms with Gasteiger partial charge in [-0.15, -0.1) is 0 Å².